The first-order chi connectivity index (χ1) is 36.7. The van der Waals surface area contributed by atoms with Crippen LogP contribution < -0.4 is 0 Å². The molecule has 0 aromatic rings. The molecule has 14 nitrogen and oxygen atoms in total. The second-order valence-corrected chi connectivity index (χ2v) is 30.2. The van der Waals surface area contributed by atoms with Gasteiger partial charge in [0.05, 0.1) is 28.3 Å². The van der Waals surface area contributed by atoms with Crippen LogP contribution in [-0.4, -0.2) is 84.5 Å². The molecule has 448 valence electrons. The van der Waals surface area contributed by atoms with Crippen LogP contribution in [0.5, 0.6) is 0 Å². The molecule has 0 aromatic heterocycles. The molecule has 3 unspecified atom stereocenters. The number of ether oxygens (including phenoxy) is 7. The summed E-state index contributed by atoms with van der Waals surface area (Å²) in [7, 11) is 0. The number of hydrogen-bond donors (Lipinski definition) is 0. The molecule has 13 rings (SSSR count). The van der Waals surface area contributed by atoms with Crippen molar-refractivity contribution in [1.29, 1.82) is 0 Å². The van der Waals surface area contributed by atoms with Crippen LogP contribution in [0.2, 0.25) is 0 Å². The van der Waals surface area contributed by atoms with Gasteiger partial charge in [0.2, 0.25) is 6.10 Å². The molecule has 0 N–H and O–H groups in total. The molecular formula is C65H104O14. The zero-order valence-corrected chi connectivity index (χ0v) is 51.5. The Labute approximate surface area is 474 Å². The molecular weight excluding hydrogens is 1000 g/mol. The van der Waals surface area contributed by atoms with Gasteiger partial charge in [-0.05, 0) is 262 Å². The van der Waals surface area contributed by atoms with Crippen LogP contribution in [0.1, 0.15) is 239 Å². The molecule has 1 saturated heterocycles. The predicted octanol–water partition coefficient (Wildman–Crippen LogP) is 13.1. The van der Waals surface area contributed by atoms with Gasteiger partial charge in [0.15, 0.2) is 13.2 Å². The Bertz CT molecular complexity index is 2170. The van der Waals surface area contributed by atoms with Crippen molar-refractivity contribution in [2.45, 2.75) is 262 Å². The average Bonchev–Trinajstić information content (AvgIpc) is 3.81. The monoisotopic (exact) mass is 1110 g/mol. The van der Waals surface area contributed by atoms with Crippen LogP contribution in [0, 0.1) is 86.3 Å². The van der Waals surface area contributed by atoms with Gasteiger partial charge in [-0.15, -0.1) is 0 Å². The number of cyclic esters (lactones) is 1. The maximum Gasteiger partial charge on any atom is 0.347 e. The third-order valence-electron chi connectivity index (χ3n) is 22.3. The van der Waals surface area contributed by atoms with Gasteiger partial charge in [0.1, 0.15) is 16.8 Å². The van der Waals surface area contributed by atoms with E-state index in [0.29, 0.717) is 55.0 Å². The molecule has 0 amide bonds. The molecule has 1 aliphatic heterocycles. The van der Waals surface area contributed by atoms with Crippen LogP contribution in [-0.2, 0) is 66.7 Å². The lowest BCUT2D eigenvalue weighted by atomic mass is 9.48. The standard InChI is InChI=1S/C21H32O6.2C17H28O2.C10H16O4/c1-5-20(2,3)19(24)26-11-17(22)25-12-18(23)27-21(4)15-7-13-6-14(9-15)10-16(21)8-13;1-5-15(2,3)14(18)19-17-9-12-6-13(10-17)8-16(4,7-12)11-17;1-5-16(2,3)15(18)19-17(4)13-7-11-6-12(9-13)10-14(17)8-11;1-4-10(2,3)9(12)14-7-5-6-13-8(7)11/h13-16H,5-12H2,1-4H3;12-13H,5-11H2,1-4H3;11-14H,5-10H2,1-4H3;7H,4-6H2,1-3H3. The molecule has 13 fully saturated rings. The van der Waals surface area contributed by atoms with Crippen LogP contribution in [0.25, 0.3) is 0 Å². The van der Waals surface area contributed by atoms with Crippen LogP contribution in [0.15, 0.2) is 0 Å². The summed E-state index contributed by atoms with van der Waals surface area (Å²) in [5.74, 6) is 4.73. The largest absolute Gasteiger partial charge is 0.463 e. The summed E-state index contributed by atoms with van der Waals surface area (Å²) in [6.45, 7) is 29.2. The Morgan fingerprint density at radius 2 is 0.848 bits per heavy atom. The number of carbonyl (C=O) groups excluding carboxylic acids is 7. The highest BCUT2D eigenvalue weighted by atomic mass is 16.6. The number of carbonyl (C=O) groups is 7. The van der Waals surface area contributed by atoms with Gasteiger partial charge in [-0.2, -0.15) is 0 Å². The van der Waals surface area contributed by atoms with Gasteiger partial charge in [-0.1, -0.05) is 34.6 Å². The Hall–Kier alpha value is -3.71. The fourth-order valence-electron chi connectivity index (χ4n) is 16.2. The lowest BCUT2D eigenvalue weighted by Crippen LogP contribution is -2.58. The quantitative estimate of drug-likeness (QED) is 0.105. The summed E-state index contributed by atoms with van der Waals surface area (Å²) < 4.78 is 37.8. The molecule has 0 spiro atoms. The topological polar surface area (TPSA) is 184 Å². The number of esters is 7. The van der Waals surface area contributed by atoms with E-state index in [0.717, 1.165) is 93.3 Å². The van der Waals surface area contributed by atoms with Crippen LogP contribution in [0.3, 0.4) is 0 Å². The minimum Gasteiger partial charge on any atom is -0.463 e. The zero-order chi connectivity index (χ0) is 58.3. The second-order valence-electron chi connectivity index (χ2n) is 30.2. The molecule has 0 radical (unpaired) electrons. The van der Waals surface area contributed by atoms with Gasteiger partial charge in [0.25, 0.3) is 0 Å². The Morgan fingerprint density at radius 3 is 1.25 bits per heavy atom. The van der Waals surface area contributed by atoms with Crippen molar-refractivity contribution >= 4 is 41.8 Å². The minimum absolute atomic E-state index is 0.0185. The summed E-state index contributed by atoms with van der Waals surface area (Å²) in [5.41, 5.74) is -2.10. The number of rotatable bonds is 16. The van der Waals surface area contributed by atoms with Crippen molar-refractivity contribution in [2.75, 3.05) is 19.8 Å². The van der Waals surface area contributed by atoms with Crippen molar-refractivity contribution in [3.63, 3.8) is 0 Å². The summed E-state index contributed by atoms with van der Waals surface area (Å²) in [5, 5.41) is 0. The summed E-state index contributed by atoms with van der Waals surface area (Å²) >= 11 is 0. The second kappa shape index (κ2) is 23.9. The minimum atomic E-state index is -0.734. The van der Waals surface area contributed by atoms with Gasteiger partial charge in [-0.25, -0.2) is 14.4 Å². The van der Waals surface area contributed by atoms with Gasteiger partial charge < -0.3 is 33.2 Å². The first-order valence-corrected chi connectivity index (χ1v) is 31.1. The van der Waals surface area contributed by atoms with E-state index >= 15 is 0 Å². The van der Waals surface area contributed by atoms with E-state index in [-0.39, 0.29) is 39.9 Å². The smallest absolute Gasteiger partial charge is 0.347 e. The fourth-order valence-corrected chi connectivity index (χ4v) is 16.2. The maximum atomic E-state index is 12.5. The van der Waals surface area contributed by atoms with Crippen LogP contribution in [0.4, 0.5) is 0 Å². The van der Waals surface area contributed by atoms with Crippen molar-refractivity contribution in [3.8, 4) is 0 Å². The van der Waals surface area contributed by atoms with E-state index in [1.54, 1.807) is 27.7 Å². The zero-order valence-electron chi connectivity index (χ0n) is 51.5. The molecule has 12 saturated carbocycles. The molecule has 13 aliphatic rings. The molecule has 12 bridgehead atoms. The highest BCUT2D eigenvalue weighted by molar-refractivity contribution is 5.83. The maximum absolute atomic E-state index is 12.5. The van der Waals surface area contributed by atoms with E-state index in [1.165, 1.54) is 57.8 Å². The van der Waals surface area contributed by atoms with Gasteiger partial charge >= 0.3 is 41.8 Å². The normalized spacial score (nSPS) is 36.9. The molecule has 0 aromatic carbocycles. The lowest BCUT2D eigenvalue weighted by Gasteiger charge is -2.60. The highest BCUT2D eigenvalue weighted by Gasteiger charge is 2.60. The molecule has 1 heterocycles. The van der Waals surface area contributed by atoms with E-state index in [2.05, 4.69) is 34.6 Å². The van der Waals surface area contributed by atoms with Gasteiger partial charge in [-0.3, -0.25) is 19.2 Å². The Kier molecular flexibility index (Phi) is 19.0. The third-order valence-corrected chi connectivity index (χ3v) is 22.3. The van der Waals surface area contributed by atoms with Crippen LogP contribution >= 0.6 is 0 Å². The molecule has 12 aliphatic carbocycles. The summed E-state index contributed by atoms with van der Waals surface area (Å²) in [4.78, 5) is 83.4. The van der Waals surface area contributed by atoms with E-state index in [1.807, 2.05) is 41.5 Å². The van der Waals surface area contributed by atoms with E-state index in [9.17, 15) is 33.6 Å². The Morgan fingerprint density at radius 1 is 0.468 bits per heavy atom. The van der Waals surface area contributed by atoms with Crippen molar-refractivity contribution < 1.29 is 66.7 Å². The van der Waals surface area contributed by atoms with Crippen molar-refractivity contribution in [1.82, 2.24) is 0 Å². The van der Waals surface area contributed by atoms with Crippen molar-refractivity contribution in [2.24, 2.45) is 86.3 Å². The average molecular weight is 1110 g/mol. The lowest BCUT2D eigenvalue weighted by molar-refractivity contribution is -0.211. The molecule has 79 heavy (non-hydrogen) atoms. The first kappa shape index (κ1) is 62.9. The highest BCUT2D eigenvalue weighted by Crippen LogP contribution is 2.64. The molecule has 14 heteroatoms. The van der Waals surface area contributed by atoms with E-state index < -0.39 is 59.6 Å². The summed E-state index contributed by atoms with van der Waals surface area (Å²) in [6.07, 6.45) is 22.8. The Balaban J connectivity index is 0.000000157. The van der Waals surface area contributed by atoms with Crippen molar-refractivity contribution in [3.05, 3.63) is 0 Å². The SMILES string of the molecule is CCC(C)(C)C(=O)OC1(C)C2CC3CC(C2)CC1C3.CCC(C)(C)C(=O)OC12CC3CC(CC(C)(C3)C1)C2.CCC(C)(C)C(=O)OC1CCOC1=O.CCC(C)(C)C(=O)OCC(=O)OCC(=O)OC1(C)C2CC3CC(C2)CC1C3. The fraction of sp³-hybridized carbons (Fsp3) is 0.892. The number of hydrogen-bond acceptors (Lipinski definition) is 14. The van der Waals surface area contributed by atoms with E-state index in [4.69, 9.17) is 33.2 Å². The van der Waals surface area contributed by atoms with Gasteiger partial charge in [0, 0.05) is 6.42 Å². The third kappa shape index (κ3) is 14.2. The first-order valence-electron chi connectivity index (χ1n) is 31.1. The predicted molar refractivity (Wildman–Crippen MR) is 298 cm³/mol. The molecule has 3 atom stereocenters. The summed E-state index contributed by atoms with van der Waals surface area (Å²) in [6, 6.07) is 0.